The lowest BCUT2D eigenvalue weighted by Gasteiger charge is -2.23. The van der Waals surface area contributed by atoms with E-state index >= 15 is 0 Å². The molecule has 0 atom stereocenters. The molecule has 1 aliphatic heterocycles. The summed E-state index contributed by atoms with van der Waals surface area (Å²) in [6, 6.07) is 6.12. The largest absolute Gasteiger partial charge is 0.482 e. The Hall–Kier alpha value is -2.33. The number of alkyl halides is 3. The van der Waals surface area contributed by atoms with Gasteiger partial charge in [0.25, 0.3) is 5.91 Å². The van der Waals surface area contributed by atoms with Crippen molar-refractivity contribution in [1.82, 2.24) is 20.3 Å². The minimum absolute atomic E-state index is 0. The number of rotatable bonds is 5. The summed E-state index contributed by atoms with van der Waals surface area (Å²) in [6.45, 7) is 2.05. The maximum absolute atomic E-state index is 12.6. The van der Waals surface area contributed by atoms with E-state index in [2.05, 4.69) is 20.9 Å². The molecule has 1 aromatic heterocycles. The van der Waals surface area contributed by atoms with Crippen LogP contribution in [0.4, 0.5) is 18.9 Å². The fourth-order valence-corrected chi connectivity index (χ4v) is 2.99. The van der Waals surface area contributed by atoms with Crippen molar-refractivity contribution in [3.8, 4) is 5.75 Å². The van der Waals surface area contributed by atoms with Crippen LogP contribution in [-0.4, -0.2) is 46.8 Å². The van der Waals surface area contributed by atoms with E-state index in [1.165, 1.54) is 18.2 Å². The Morgan fingerprint density at radius 1 is 1.32 bits per heavy atom. The Morgan fingerprint density at radius 3 is 2.68 bits per heavy atom. The van der Waals surface area contributed by atoms with Gasteiger partial charge in [-0.05, 0) is 45.0 Å². The van der Waals surface area contributed by atoms with Crippen molar-refractivity contribution in [2.75, 3.05) is 25.0 Å². The van der Waals surface area contributed by atoms with Crippen LogP contribution in [-0.2, 0) is 0 Å². The number of amides is 1. The quantitative estimate of drug-likeness (QED) is 0.778. The normalized spacial score (nSPS) is 15.0. The van der Waals surface area contributed by atoms with E-state index in [9.17, 15) is 18.0 Å². The Balaban J connectivity index is 0.00000280. The Bertz CT molecular complexity index is 806. The molecule has 2 aromatic rings. The first-order valence-corrected chi connectivity index (χ1v) is 8.57. The summed E-state index contributed by atoms with van der Waals surface area (Å²) >= 11 is 0. The molecule has 154 valence electrons. The highest BCUT2D eigenvalue weighted by Gasteiger charge is 2.29. The second-order valence-corrected chi connectivity index (χ2v) is 6.30. The van der Waals surface area contributed by atoms with Crippen LogP contribution in [0.5, 0.6) is 5.75 Å². The number of halogens is 4. The third kappa shape index (κ3) is 5.35. The molecular formula is C17H21ClF3N5O2. The van der Waals surface area contributed by atoms with Crippen molar-refractivity contribution in [1.29, 1.82) is 0 Å². The van der Waals surface area contributed by atoms with Crippen molar-refractivity contribution in [3.05, 3.63) is 35.7 Å². The van der Waals surface area contributed by atoms with Gasteiger partial charge < -0.3 is 15.4 Å². The second kappa shape index (κ2) is 9.24. The summed E-state index contributed by atoms with van der Waals surface area (Å²) in [5.74, 6) is -0.609. The summed E-state index contributed by atoms with van der Waals surface area (Å²) < 4.78 is 43.7. The molecule has 0 bridgehead atoms. The minimum Gasteiger partial charge on any atom is -0.482 e. The van der Waals surface area contributed by atoms with Gasteiger partial charge in [-0.15, -0.1) is 17.5 Å². The SMILES string of the molecule is Cc1c(C(=O)Nc2ccccc2OCC(F)(F)F)nnn1C1CCNCC1.Cl. The number of benzene rings is 1. The Morgan fingerprint density at radius 2 is 2.00 bits per heavy atom. The first-order chi connectivity index (χ1) is 12.8. The van der Waals surface area contributed by atoms with Crippen LogP contribution in [0.25, 0.3) is 0 Å². The van der Waals surface area contributed by atoms with Crippen LogP contribution >= 0.6 is 12.4 Å². The number of nitrogens with one attached hydrogen (secondary N) is 2. The molecule has 1 saturated heterocycles. The van der Waals surface area contributed by atoms with Crippen molar-refractivity contribution < 1.29 is 22.7 Å². The number of carbonyl (C=O) groups is 1. The van der Waals surface area contributed by atoms with E-state index in [0.29, 0.717) is 5.69 Å². The summed E-state index contributed by atoms with van der Waals surface area (Å²) in [5, 5.41) is 13.9. The maximum Gasteiger partial charge on any atom is 0.422 e. The Kier molecular flexibility index (Phi) is 7.25. The highest BCUT2D eigenvalue weighted by molar-refractivity contribution is 6.04. The molecule has 0 spiro atoms. The molecule has 7 nitrogen and oxygen atoms in total. The third-order valence-electron chi connectivity index (χ3n) is 4.32. The zero-order valence-corrected chi connectivity index (χ0v) is 15.9. The number of aromatic nitrogens is 3. The van der Waals surface area contributed by atoms with E-state index in [-0.39, 0.29) is 35.6 Å². The number of piperidine rings is 1. The maximum atomic E-state index is 12.6. The van der Waals surface area contributed by atoms with Gasteiger partial charge in [-0.2, -0.15) is 13.2 Å². The van der Waals surface area contributed by atoms with Gasteiger partial charge in [0, 0.05) is 0 Å². The summed E-state index contributed by atoms with van der Waals surface area (Å²) in [7, 11) is 0. The van der Waals surface area contributed by atoms with Gasteiger partial charge in [-0.1, -0.05) is 17.3 Å². The zero-order valence-electron chi connectivity index (χ0n) is 15.1. The molecule has 28 heavy (non-hydrogen) atoms. The molecule has 3 rings (SSSR count). The van der Waals surface area contributed by atoms with Crippen LogP contribution in [0, 0.1) is 6.92 Å². The number of para-hydroxylation sites is 2. The van der Waals surface area contributed by atoms with Gasteiger partial charge in [0.05, 0.1) is 17.4 Å². The first kappa shape index (κ1) is 22.0. The monoisotopic (exact) mass is 419 g/mol. The molecule has 1 fully saturated rings. The second-order valence-electron chi connectivity index (χ2n) is 6.30. The smallest absolute Gasteiger partial charge is 0.422 e. The molecule has 0 saturated carbocycles. The fourth-order valence-electron chi connectivity index (χ4n) is 2.99. The van der Waals surface area contributed by atoms with Crippen molar-refractivity contribution in [2.24, 2.45) is 0 Å². The van der Waals surface area contributed by atoms with Crippen molar-refractivity contribution in [3.63, 3.8) is 0 Å². The topological polar surface area (TPSA) is 81.1 Å². The highest BCUT2D eigenvalue weighted by atomic mass is 35.5. The van der Waals surface area contributed by atoms with Gasteiger partial charge in [0.15, 0.2) is 12.3 Å². The Labute approximate surface area is 166 Å². The van der Waals surface area contributed by atoms with E-state index in [1.54, 1.807) is 17.7 Å². The molecule has 1 amide bonds. The van der Waals surface area contributed by atoms with Gasteiger partial charge >= 0.3 is 6.18 Å². The number of hydrogen-bond donors (Lipinski definition) is 2. The molecule has 0 radical (unpaired) electrons. The minimum atomic E-state index is -4.47. The average molecular weight is 420 g/mol. The molecule has 0 aliphatic carbocycles. The number of nitrogens with zero attached hydrogens (tertiary/aromatic N) is 3. The first-order valence-electron chi connectivity index (χ1n) is 8.57. The predicted octanol–water partition coefficient (Wildman–Crippen LogP) is 3.13. The molecule has 1 aromatic carbocycles. The molecule has 11 heteroatoms. The number of carbonyl (C=O) groups excluding carboxylic acids is 1. The van der Waals surface area contributed by atoms with Gasteiger partial charge in [-0.25, -0.2) is 4.68 Å². The molecular weight excluding hydrogens is 399 g/mol. The summed E-state index contributed by atoms with van der Waals surface area (Å²) in [4.78, 5) is 12.6. The third-order valence-corrected chi connectivity index (χ3v) is 4.32. The van der Waals surface area contributed by atoms with Crippen LogP contribution in [0.3, 0.4) is 0 Å². The number of hydrogen-bond acceptors (Lipinski definition) is 5. The lowest BCUT2D eigenvalue weighted by Crippen LogP contribution is -2.30. The van der Waals surface area contributed by atoms with E-state index in [4.69, 9.17) is 4.74 Å². The van der Waals surface area contributed by atoms with Crippen LogP contribution in [0.1, 0.15) is 35.1 Å². The number of anilines is 1. The number of ether oxygens (including phenoxy) is 1. The van der Waals surface area contributed by atoms with E-state index in [1.807, 2.05) is 0 Å². The van der Waals surface area contributed by atoms with Crippen LogP contribution in [0.15, 0.2) is 24.3 Å². The van der Waals surface area contributed by atoms with E-state index in [0.717, 1.165) is 25.9 Å². The van der Waals surface area contributed by atoms with Crippen molar-refractivity contribution >= 4 is 24.0 Å². The lowest BCUT2D eigenvalue weighted by atomic mass is 10.1. The molecule has 1 aliphatic rings. The molecule has 2 N–H and O–H groups in total. The summed E-state index contributed by atoms with van der Waals surface area (Å²) in [5.41, 5.74) is 0.898. The zero-order chi connectivity index (χ0) is 19.4. The predicted molar refractivity (Wildman–Crippen MR) is 99.1 cm³/mol. The van der Waals surface area contributed by atoms with Crippen molar-refractivity contribution in [2.45, 2.75) is 32.0 Å². The lowest BCUT2D eigenvalue weighted by molar-refractivity contribution is -0.153. The molecule has 0 unspecified atom stereocenters. The highest BCUT2D eigenvalue weighted by Crippen LogP contribution is 2.27. The van der Waals surface area contributed by atoms with Crippen LogP contribution in [0.2, 0.25) is 0 Å². The standard InChI is InChI=1S/C17H20F3N5O2.ClH/c1-11-15(23-24-25(11)12-6-8-21-9-7-12)16(26)22-13-4-2-3-5-14(13)27-10-17(18,19)20;/h2-5,12,21H,6-10H2,1H3,(H,22,26);1H. The molecule has 2 heterocycles. The summed E-state index contributed by atoms with van der Waals surface area (Å²) in [6.07, 6.45) is -2.69. The van der Waals surface area contributed by atoms with Gasteiger partial charge in [0.2, 0.25) is 0 Å². The van der Waals surface area contributed by atoms with Gasteiger partial charge in [0.1, 0.15) is 5.75 Å². The van der Waals surface area contributed by atoms with Crippen LogP contribution < -0.4 is 15.4 Å². The fraction of sp³-hybridized carbons (Fsp3) is 0.471. The van der Waals surface area contributed by atoms with Gasteiger partial charge in [-0.3, -0.25) is 4.79 Å². The average Bonchev–Trinajstić information content (AvgIpc) is 3.02. The van der Waals surface area contributed by atoms with E-state index < -0.39 is 18.7 Å².